The van der Waals surface area contributed by atoms with Crippen LogP contribution in [0.2, 0.25) is 0 Å². The summed E-state index contributed by atoms with van der Waals surface area (Å²) < 4.78 is 109. The topological polar surface area (TPSA) is 197 Å². The van der Waals surface area contributed by atoms with Crippen molar-refractivity contribution in [2.45, 2.75) is 0 Å². The first-order valence-corrected chi connectivity index (χ1v) is 12.0. The fraction of sp³-hybridized carbons (Fsp3) is 0. The van der Waals surface area contributed by atoms with Gasteiger partial charge in [0.2, 0.25) is 5.75 Å². The van der Waals surface area contributed by atoms with Crippen LogP contribution < -0.4 is 16.7 Å². The van der Waals surface area contributed by atoms with Gasteiger partial charge in [0.15, 0.2) is 17.2 Å². The van der Waals surface area contributed by atoms with Gasteiger partial charge in [-0.1, -0.05) is 24.3 Å². The van der Waals surface area contributed by atoms with E-state index in [-0.39, 0.29) is 16.2 Å². The average molecular weight is 518 g/mol. The van der Waals surface area contributed by atoms with Gasteiger partial charge in [0.1, 0.15) is 45.4 Å². The first-order valence-electron chi connectivity index (χ1n) is 8.05. The molecule has 0 radical (unpaired) electrons. The Bertz CT molecular complexity index is 1450. The summed E-state index contributed by atoms with van der Waals surface area (Å²) >= 11 is -13.1. The van der Waals surface area contributed by atoms with E-state index in [9.17, 15) is 35.0 Å². The van der Waals surface area contributed by atoms with Crippen LogP contribution in [0.1, 0.15) is 0 Å². The molecule has 0 fully saturated rings. The van der Waals surface area contributed by atoms with Crippen molar-refractivity contribution in [3.8, 4) is 23.0 Å². The highest BCUT2D eigenvalue weighted by molar-refractivity contribution is 7.75. The number of hydrogen-bond acceptors (Lipinski definition) is 12. The highest BCUT2D eigenvalue weighted by Crippen LogP contribution is 2.54. The third-order valence-electron chi connectivity index (χ3n) is 4.36. The molecule has 170 valence electrons. The van der Waals surface area contributed by atoms with E-state index in [1.807, 2.05) is 0 Å². The molecule has 4 rings (SSSR count). The Balaban J connectivity index is 2.31. The molecule has 0 aliphatic heterocycles. The molecule has 0 aliphatic carbocycles. The smallest absolute Gasteiger partial charge is 0.227 e. The average Bonchev–Trinajstić information content (AvgIpc) is 2.68. The van der Waals surface area contributed by atoms with Crippen molar-refractivity contribution < 1.29 is 51.8 Å². The van der Waals surface area contributed by atoms with Crippen molar-refractivity contribution in [1.29, 1.82) is 0 Å². The summed E-state index contributed by atoms with van der Waals surface area (Å²) in [6, 6.07) is 9.10. The van der Waals surface area contributed by atoms with E-state index < -0.39 is 68.4 Å². The van der Waals surface area contributed by atoms with E-state index in [2.05, 4.69) is 4.18 Å². The molecule has 0 N–H and O–H groups in total. The molecule has 0 spiro atoms. The van der Waals surface area contributed by atoms with Crippen LogP contribution in [0.4, 0.5) is 0 Å². The van der Waals surface area contributed by atoms with Crippen LogP contribution in [0.5, 0.6) is 23.0 Å². The maximum atomic E-state index is 11.4. The van der Waals surface area contributed by atoms with Gasteiger partial charge in [-0.2, -0.15) is 0 Å². The van der Waals surface area contributed by atoms with Gasteiger partial charge in [0, 0.05) is 10.8 Å². The van der Waals surface area contributed by atoms with Crippen molar-refractivity contribution in [2.24, 2.45) is 0 Å². The molecule has 4 aromatic rings. The van der Waals surface area contributed by atoms with E-state index in [1.54, 1.807) is 24.3 Å². The Morgan fingerprint density at radius 3 is 1.75 bits per heavy atom. The van der Waals surface area contributed by atoms with Gasteiger partial charge in [-0.25, -0.2) is 16.8 Å². The monoisotopic (exact) mass is 518 g/mol. The van der Waals surface area contributed by atoms with Crippen LogP contribution >= 0.6 is 0 Å². The highest BCUT2D eigenvalue weighted by Gasteiger charge is 2.28. The third kappa shape index (κ3) is 4.14. The molecule has 16 heteroatoms. The lowest BCUT2D eigenvalue weighted by Crippen LogP contribution is -2.09. The fourth-order valence-corrected chi connectivity index (χ4v) is 4.62. The van der Waals surface area contributed by atoms with Gasteiger partial charge in [-0.3, -0.25) is 0 Å². The summed E-state index contributed by atoms with van der Waals surface area (Å²) in [6.45, 7) is 0. The summed E-state index contributed by atoms with van der Waals surface area (Å²) in [4.78, 5) is 0. The normalized spacial score (nSPS) is 15.5. The van der Waals surface area contributed by atoms with Crippen molar-refractivity contribution in [3.05, 3.63) is 36.4 Å². The van der Waals surface area contributed by atoms with Crippen LogP contribution in [-0.2, 0) is 45.4 Å². The minimum atomic E-state index is -3.35. The lowest BCUT2D eigenvalue weighted by molar-refractivity contribution is 0.397. The molecule has 0 saturated heterocycles. The summed E-state index contributed by atoms with van der Waals surface area (Å²) in [6.07, 6.45) is 0. The van der Waals surface area contributed by atoms with Crippen molar-refractivity contribution in [2.75, 3.05) is 0 Å². The van der Waals surface area contributed by atoms with Gasteiger partial charge in [-0.05, 0) is 28.3 Å². The maximum absolute atomic E-state index is 11.4. The van der Waals surface area contributed by atoms with Crippen molar-refractivity contribution in [1.82, 2.24) is 0 Å². The second-order valence-electron chi connectivity index (χ2n) is 5.95. The predicted octanol–water partition coefficient (Wildman–Crippen LogP) is 1.28. The zero-order valence-corrected chi connectivity index (χ0v) is 18.3. The molecule has 0 amide bonds. The van der Waals surface area contributed by atoms with Crippen molar-refractivity contribution >= 4 is 77.8 Å². The summed E-state index contributed by atoms with van der Waals surface area (Å²) in [5, 5.41) is 1.17. The largest absolute Gasteiger partial charge is 0.740 e. The Labute approximate surface area is 188 Å². The molecule has 0 heterocycles. The molecule has 0 aliphatic rings. The quantitative estimate of drug-likeness (QED) is 0.239. The fourth-order valence-electron chi connectivity index (χ4n) is 3.46. The second-order valence-corrected chi connectivity index (χ2v) is 8.25. The molecule has 4 unspecified atom stereocenters. The summed E-state index contributed by atoms with van der Waals surface area (Å²) in [5.74, 6) is -2.97. The van der Waals surface area contributed by atoms with E-state index in [0.29, 0.717) is 16.2 Å². The second kappa shape index (κ2) is 8.83. The molecule has 4 atom stereocenters. The Morgan fingerprint density at radius 2 is 1.12 bits per heavy atom. The van der Waals surface area contributed by atoms with E-state index >= 15 is 0 Å². The minimum Gasteiger partial charge on any atom is -0.740 e. The van der Waals surface area contributed by atoms with Crippen molar-refractivity contribution in [3.63, 3.8) is 0 Å². The van der Waals surface area contributed by atoms with Gasteiger partial charge >= 0.3 is 0 Å². The summed E-state index contributed by atoms with van der Waals surface area (Å²) in [7, 11) is 0. The Hall–Kier alpha value is -2.44. The van der Waals surface area contributed by atoms with Crippen LogP contribution in [0.15, 0.2) is 36.4 Å². The van der Waals surface area contributed by atoms with E-state index in [0.717, 1.165) is 0 Å². The lowest BCUT2D eigenvalue weighted by atomic mass is 9.92. The Kier molecular flexibility index (Phi) is 6.28. The minimum absolute atomic E-state index is 0.0560. The Morgan fingerprint density at radius 1 is 0.562 bits per heavy atom. The van der Waals surface area contributed by atoms with Crippen LogP contribution in [0.25, 0.3) is 32.3 Å². The highest BCUT2D eigenvalue weighted by atomic mass is 32.2. The summed E-state index contributed by atoms with van der Waals surface area (Å²) in [5.41, 5.74) is 0. The molecule has 0 bridgehead atoms. The van der Waals surface area contributed by atoms with Crippen LogP contribution in [0, 0.1) is 0 Å². The predicted molar refractivity (Wildman–Crippen MR) is 108 cm³/mol. The number of hydrogen-bond donors (Lipinski definition) is 0. The zero-order valence-electron chi connectivity index (χ0n) is 15.0. The molecular weight excluding hydrogens is 512 g/mol. The van der Waals surface area contributed by atoms with Gasteiger partial charge in [-0.15, -0.1) is 0 Å². The first-order chi connectivity index (χ1) is 15.2. The van der Waals surface area contributed by atoms with E-state index in [1.165, 1.54) is 12.1 Å². The van der Waals surface area contributed by atoms with Crippen LogP contribution in [0.3, 0.4) is 0 Å². The van der Waals surface area contributed by atoms with Gasteiger partial charge in [0.05, 0.1) is 5.39 Å². The number of benzene rings is 4. The standard InChI is InChI=1S/C16H10O12S4/c17-29(18)25-10-6-8-3-1-2-7-4-5-9-12(11(7)8)13(10)15(27-31(21)22)16(28-32(23)24)14(9)26-30(19)20/h1-6H,(H,17,18)(H,19,20)(H,21,22)(H,23,24)/p-4. The van der Waals surface area contributed by atoms with Crippen LogP contribution in [-0.4, -0.2) is 35.0 Å². The maximum Gasteiger partial charge on any atom is 0.227 e. The SMILES string of the molecule is O=S([O-])Oc1c(OS(=O)[O-])c2ccc3cccc4cc(OS(=O)[O-])c(c1OS(=O)[O-])c2c34. The lowest BCUT2D eigenvalue weighted by Gasteiger charge is -2.24. The molecule has 32 heavy (non-hydrogen) atoms. The molecular formula is C16H6O12S4-4. The van der Waals surface area contributed by atoms with E-state index in [4.69, 9.17) is 12.5 Å². The van der Waals surface area contributed by atoms with Gasteiger partial charge < -0.3 is 34.9 Å². The zero-order chi connectivity index (χ0) is 23.2. The van der Waals surface area contributed by atoms with Gasteiger partial charge in [0.25, 0.3) is 0 Å². The molecule has 0 aromatic heterocycles. The number of rotatable bonds is 8. The molecule has 0 saturated carbocycles. The molecule has 4 aromatic carbocycles. The molecule has 12 nitrogen and oxygen atoms in total. The third-order valence-corrected chi connectivity index (χ3v) is 5.58. The first kappa shape index (κ1) is 22.7.